The fraction of sp³-hybridized carbons (Fsp3) is 0.680. The van der Waals surface area contributed by atoms with E-state index in [-0.39, 0.29) is 10.5 Å². The molecule has 0 aromatic heterocycles. The molecule has 0 saturated heterocycles. The maximum atomic E-state index is 2.66. The van der Waals surface area contributed by atoms with Crippen LogP contribution < -0.4 is 0 Å². The minimum atomic E-state index is 0.106. The van der Waals surface area contributed by atoms with Crippen molar-refractivity contribution in [3.63, 3.8) is 0 Å². The van der Waals surface area contributed by atoms with Crippen LogP contribution in [0.2, 0.25) is 0 Å². The fourth-order valence-electron chi connectivity index (χ4n) is 3.47. The third kappa shape index (κ3) is 5.24. The van der Waals surface area contributed by atoms with Crippen LogP contribution >= 0.6 is 10.5 Å². The lowest BCUT2D eigenvalue weighted by Gasteiger charge is -2.35. The van der Waals surface area contributed by atoms with Gasteiger partial charge in [0.1, 0.15) is 0 Å². The molecule has 0 aliphatic heterocycles. The van der Waals surface area contributed by atoms with Gasteiger partial charge in [-0.2, -0.15) is 5.92 Å². The average molecular weight is 376 g/mol. The van der Waals surface area contributed by atoms with Gasteiger partial charge in [0.05, 0.1) is 0 Å². The number of rotatable bonds is 8. The van der Waals surface area contributed by atoms with Crippen LogP contribution in [0.1, 0.15) is 82.2 Å². The smallest absolute Gasteiger partial charge is 0.0203 e. The first kappa shape index (κ1) is 23.5. The zero-order valence-corrected chi connectivity index (χ0v) is 20.1. The third-order valence-corrected chi connectivity index (χ3v) is 9.50. The van der Waals surface area contributed by atoms with Gasteiger partial charge in [0.2, 0.25) is 0 Å². The summed E-state index contributed by atoms with van der Waals surface area (Å²) in [6.45, 7) is 25.8. The molecule has 0 saturated carbocycles. The van der Waals surface area contributed by atoms with Gasteiger partial charge >= 0.3 is 0 Å². The summed E-state index contributed by atoms with van der Waals surface area (Å²) in [6.07, 6.45) is 2.50. The first-order chi connectivity index (χ1) is 12.1. The Balaban J connectivity index is 3.54. The normalized spacial score (nSPS) is 17.8. The molecule has 5 atom stereocenters. The number of hydrogen-bond acceptors (Lipinski definition) is 0. The summed E-state index contributed by atoms with van der Waals surface area (Å²) in [5.74, 6) is 5.43. The Morgan fingerprint density at radius 3 is 1.58 bits per heavy atom. The minimum Gasteiger partial charge on any atom is -0.318 e. The van der Waals surface area contributed by atoms with Gasteiger partial charge in [-0.1, -0.05) is 65.7 Å². The second-order valence-electron chi connectivity index (χ2n) is 8.59. The van der Waals surface area contributed by atoms with E-state index in [1.165, 1.54) is 40.7 Å². The summed E-state index contributed by atoms with van der Waals surface area (Å²) in [5, 5.41) is 2.66. The summed E-state index contributed by atoms with van der Waals surface area (Å²) in [7, 11) is 0.106. The van der Waals surface area contributed by atoms with Crippen molar-refractivity contribution >= 4 is 15.9 Å². The van der Waals surface area contributed by atoms with E-state index in [2.05, 4.69) is 87.3 Å². The Hall–Kier alpha value is -0.560. The van der Waals surface area contributed by atoms with E-state index in [9.17, 15) is 0 Å². The van der Waals surface area contributed by atoms with Gasteiger partial charge in [-0.3, -0.25) is 5.75 Å². The Bertz CT molecular complexity index is 609. The molecular weight excluding hydrogens is 332 g/mol. The second kappa shape index (κ2) is 10.1. The molecule has 150 valence electrons. The lowest BCUT2D eigenvalue weighted by atomic mass is 9.95. The summed E-state index contributed by atoms with van der Waals surface area (Å²) in [4.78, 5) is 1.59. The van der Waals surface area contributed by atoms with Gasteiger partial charge < -0.3 is 10.5 Å². The molecule has 0 N–H and O–H groups in total. The number of benzene rings is 1. The van der Waals surface area contributed by atoms with Gasteiger partial charge in [0.15, 0.2) is 0 Å². The third-order valence-electron chi connectivity index (χ3n) is 6.97. The molecule has 0 heterocycles. The molecule has 0 fully saturated rings. The van der Waals surface area contributed by atoms with Crippen LogP contribution in [0.5, 0.6) is 0 Å². The highest BCUT2D eigenvalue weighted by atomic mass is 32.2. The highest BCUT2D eigenvalue weighted by molar-refractivity contribution is 8.16. The highest BCUT2D eigenvalue weighted by Crippen LogP contribution is 2.43. The molecule has 5 unspecified atom stereocenters. The maximum Gasteiger partial charge on any atom is -0.0203 e. The Morgan fingerprint density at radius 2 is 1.15 bits per heavy atom. The molecule has 1 aromatic carbocycles. The molecule has 0 radical (unpaired) electrons. The van der Waals surface area contributed by atoms with Crippen molar-refractivity contribution in [2.45, 2.75) is 93.9 Å². The molecule has 0 amide bonds. The van der Waals surface area contributed by atoms with E-state index in [1.54, 1.807) is 4.90 Å². The molecular formula is C25H43S-. The highest BCUT2D eigenvalue weighted by Gasteiger charge is 2.15. The van der Waals surface area contributed by atoms with Crippen molar-refractivity contribution in [1.29, 1.82) is 0 Å². The van der Waals surface area contributed by atoms with Crippen LogP contribution in [0.25, 0.3) is 0 Å². The van der Waals surface area contributed by atoms with Crippen LogP contribution in [-0.2, 0) is 0 Å². The zero-order valence-electron chi connectivity index (χ0n) is 19.3. The van der Waals surface area contributed by atoms with Gasteiger partial charge in [-0.15, -0.1) is 0 Å². The molecule has 0 bridgehead atoms. The molecule has 0 nitrogen and oxygen atoms in total. The summed E-state index contributed by atoms with van der Waals surface area (Å²) in [5.41, 5.74) is 7.45. The van der Waals surface area contributed by atoms with Crippen LogP contribution in [0.15, 0.2) is 4.90 Å². The molecule has 0 spiro atoms. The van der Waals surface area contributed by atoms with Gasteiger partial charge in [-0.05, 0) is 79.2 Å². The first-order valence-corrected chi connectivity index (χ1v) is 11.9. The van der Waals surface area contributed by atoms with E-state index < -0.39 is 0 Å². The second-order valence-corrected chi connectivity index (χ2v) is 10.3. The summed E-state index contributed by atoms with van der Waals surface area (Å²) < 4.78 is 0. The van der Waals surface area contributed by atoms with E-state index in [0.29, 0.717) is 11.8 Å². The summed E-state index contributed by atoms with van der Waals surface area (Å²) in [6, 6.07) is 0. The molecule has 1 aromatic rings. The van der Waals surface area contributed by atoms with Crippen molar-refractivity contribution in [3.8, 4) is 0 Å². The van der Waals surface area contributed by atoms with Gasteiger partial charge in [0.25, 0.3) is 0 Å². The van der Waals surface area contributed by atoms with Crippen LogP contribution in [0, 0.1) is 64.0 Å². The molecule has 26 heavy (non-hydrogen) atoms. The molecule has 1 heteroatoms. The Morgan fingerprint density at radius 1 is 0.731 bits per heavy atom. The van der Waals surface area contributed by atoms with Crippen molar-refractivity contribution in [3.05, 3.63) is 33.6 Å². The quantitative estimate of drug-likeness (QED) is 0.317. The Kier molecular flexibility index (Phi) is 9.13. The lowest BCUT2D eigenvalue weighted by molar-refractivity contribution is 0.437. The predicted octanol–water partition coefficient (Wildman–Crippen LogP) is 8.18. The predicted molar refractivity (Wildman–Crippen MR) is 124 cm³/mol. The monoisotopic (exact) mass is 375 g/mol. The SMILES string of the molecule is CCC(C)C(C)C=S([CH-]C(C)C(C)CC)c1c(C)c(C)c(C)c(C)c1C. The number of hydrogen-bond donors (Lipinski definition) is 0. The largest absolute Gasteiger partial charge is 0.318 e. The molecule has 0 aliphatic rings. The minimum absolute atomic E-state index is 0.106. The van der Waals surface area contributed by atoms with E-state index in [1.807, 2.05) is 0 Å². The van der Waals surface area contributed by atoms with E-state index in [0.717, 1.165) is 11.8 Å². The maximum absolute atomic E-state index is 2.66. The lowest BCUT2D eigenvalue weighted by Crippen LogP contribution is -2.12. The van der Waals surface area contributed by atoms with E-state index >= 15 is 0 Å². The first-order valence-electron chi connectivity index (χ1n) is 10.5. The van der Waals surface area contributed by atoms with Crippen molar-refractivity contribution < 1.29 is 0 Å². The van der Waals surface area contributed by atoms with E-state index in [4.69, 9.17) is 0 Å². The van der Waals surface area contributed by atoms with Gasteiger partial charge in [-0.25, -0.2) is 0 Å². The molecule has 0 aliphatic carbocycles. The summed E-state index contributed by atoms with van der Waals surface area (Å²) >= 11 is 0. The standard InChI is InChI=1S/C25H43S/c1-12-16(3)18(5)14-26(15-19(6)17(4)13-2)25-23(10)21(8)20(7)22(9)24(25)11/h14-19H,12-13H2,1-11H3/q-1. The molecule has 1 rings (SSSR count). The zero-order chi connectivity index (χ0) is 20.2. The van der Waals surface area contributed by atoms with Crippen LogP contribution in [0.4, 0.5) is 0 Å². The van der Waals surface area contributed by atoms with Crippen molar-refractivity contribution in [1.82, 2.24) is 0 Å². The van der Waals surface area contributed by atoms with Crippen LogP contribution in [0.3, 0.4) is 0 Å². The Labute approximate surface area is 167 Å². The fourth-order valence-corrected chi connectivity index (χ4v) is 6.31. The topological polar surface area (TPSA) is 0 Å². The average Bonchev–Trinajstić information content (AvgIpc) is 2.62. The van der Waals surface area contributed by atoms with Crippen molar-refractivity contribution in [2.24, 2.45) is 23.7 Å². The van der Waals surface area contributed by atoms with Crippen molar-refractivity contribution in [2.75, 3.05) is 0 Å². The van der Waals surface area contributed by atoms with Gasteiger partial charge in [0, 0.05) is 0 Å². The van der Waals surface area contributed by atoms with Crippen LogP contribution in [-0.4, -0.2) is 5.37 Å².